The number of unbranched alkanes of at least 4 members (excludes halogenated alkanes) is 1. The summed E-state index contributed by atoms with van der Waals surface area (Å²) >= 11 is 0. The molecular weight excluding hydrogens is 236 g/mol. The molecule has 0 bridgehead atoms. The highest BCUT2D eigenvalue weighted by Gasteiger charge is 2.10. The van der Waals surface area contributed by atoms with Crippen molar-refractivity contribution in [2.75, 3.05) is 34.3 Å². The van der Waals surface area contributed by atoms with Crippen molar-refractivity contribution >= 4 is 0 Å². The smallest absolute Gasteiger partial charge is 0.123 e. The maximum absolute atomic E-state index is 5.51. The molecule has 0 radical (unpaired) electrons. The monoisotopic (exact) mass is 264 g/mol. The third kappa shape index (κ3) is 5.21. The summed E-state index contributed by atoms with van der Waals surface area (Å²) in [6, 6.07) is 4.35. The van der Waals surface area contributed by atoms with E-state index in [1.54, 1.807) is 7.11 Å². The minimum Gasteiger partial charge on any atom is -0.496 e. The molecule has 3 heteroatoms. The lowest BCUT2D eigenvalue weighted by Gasteiger charge is -2.20. The molecule has 1 aromatic rings. The first-order valence-corrected chi connectivity index (χ1v) is 7.05. The summed E-state index contributed by atoms with van der Waals surface area (Å²) in [5, 5.41) is 3.19. The SMILES string of the molecule is CNCCCCN(C)Cc1c(C)cc(C)cc1OC. The molecule has 0 aliphatic heterocycles. The van der Waals surface area contributed by atoms with Gasteiger partial charge in [-0.1, -0.05) is 6.07 Å². The van der Waals surface area contributed by atoms with E-state index in [9.17, 15) is 0 Å². The first-order valence-electron chi connectivity index (χ1n) is 7.05. The molecule has 0 unspecified atom stereocenters. The summed E-state index contributed by atoms with van der Waals surface area (Å²) in [4.78, 5) is 2.37. The number of benzene rings is 1. The van der Waals surface area contributed by atoms with Gasteiger partial charge in [-0.05, 0) is 71.1 Å². The molecule has 1 aromatic carbocycles. The molecule has 0 heterocycles. The Morgan fingerprint density at radius 1 is 1.21 bits per heavy atom. The van der Waals surface area contributed by atoms with E-state index < -0.39 is 0 Å². The van der Waals surface area contributed by atoms with Gasteiger partial charge in [0.05, 0.1) is 7.11 Å². The second-order valence-electron chi connectivity index (χ2n) is 5.31. The number of aryl methyl sites for hydroxylation is 2. The average Bonchev–Trinajstić information content (AvgIpc) is 2.37. The van der Waals surface area contributed by atoms with Gasteiger partial charge in [-0.3, -0.25) is 0 Å². The largest absolute Gasteiger partial charge is 0.496 e. The molecular formula is C16H28N2O. The summed E-state index contributed by atoms with van der Waals surface area (Å²) in [5.74, 6) is 1.01. The fourth-order valence-electron chi connectivity index (χ4n) is 2.38. The summed E-state index contributed by atoms with van der Waals surface area (Å²) in [7, 11) is 5.94. The van der Waals surface area contributed by atoms with Gasteiger partial charge in [0.25, 0.3) is 0 Å². The van der Waals surface area contributed by atoms with Crippen LogP contribution in [0.4, 0.5) is 0 Å². The number of nitrogens with one attached hydrogen (secondary N) is 1. The van der Waals surface area contributed by atoms with Crippen molar-refractivity contribution in [3.8, 4) is 5.75 Å². The number of methoxy groups -OCH3 is 1. The molecule has 0 aromatic heterocycles. The minimum absolute atomic E-state index is 0.953. The van der Waals surface area contributed by atoms with Crippen LogP contribution >= 0.6 is 0 Å². The molecule has 0 spiro atoms. The van der Waals surface area contributed by atoms with E-state index in [0.717, 1.165) is 25.4 Å². The second kappa shape index (κ2) is 8.18. The molecule has 1 N–H and O–H groups in total. The van der Waals surface area contributed by atoms with Gasteiger partial charge in [0.1, 0.15) is 5.75 Å². The van der Waals surface area contributed by atoms with Crippen LogP contribution < -0.4 is 10.1 Å². The average molecular weight is 264 g/mol. The van der Waals surface area contributed by atoms with Gasteiger partial charge in [0, 0.05) is 12.1 Å². The zero-order valence-electron chi connectivity index (χ0n) is 13.0. The Labute approximate surface area is 118 Å². The lowest BCUT2D eigenvalue weighted by atomic mass is 10.0. The third-order valence-electron chi connectivity index (χ3n) is 3.44. The maximum Gasteiger partial charge on any atom is 0.123 e. The Hall–Kier alpha value is -1.06. The number of rotatable bonds is 8. The number of hydrogen-bond acceptors (Lipinski definition) is 3. The quantitative estimate of drug-likeness (QED) is 0.731. The van der Waals surface area contributed by atoms with Gasteiger partial charge >= 0.3 is 0 Å². The van der Waals surface area contributed by atoms with Gasteiger partial charge in [-0.2, -0.15) is 0 Å². The zero-order valence-corrected chi connectivity index (χ0v) is 13.0. The van der Waals surface area contributed by atoms with Crippen LogP contribution in [0, 0.1) is 13.8 Å². The molecule has 0 fully saturated rings. The Morgan fingerprint density at radius 2 is 1.95 bits per heavy atom. The highest BCUT2D eigenvalue weighted by Crippen LogP contribution is 2.25. The van der Waals surface area contributed by atoms with Crippen molar-refractivity contribution < 1.29 is 4.74 Å². The van der Waals surface area contributed by atoms with Crippen molar-refractivity contribution in [2.24, 2.45) is 0 Å². The van der Waals surface area contributed by atoms with Crippen LogP contribution in [0.15, 0.2) is 12.1 Å². The van der Waals surface area contributed by atoms with Gasteiger partial charge in [0.15, 0.2) is 0 Å². The van der Waals surface area contributed by atoms with Crippen molar-refractivity contribution in [2.45, 2.75) is 33.2 Å². The highest BCUT2D eigenvalue weighted by atomic mass is 16.5. The molecule has 3 nitrogen and oxygen atoms in total. The molecule has 0 aliphatic carbocycles. The third-order valence-corrected chi connectivity index (χ3v) is 3.44. The molecule has 0 saturated heterocycles. The Bertz CT molecular complexity index is 391. The standard InChI is InChI=1S/C16H28N2O/c1-13-10-14(2)15(16(11-13)19-5)12-18(4)9-7-6-8-17-3/h10-11,17H,6-9,12H2,1-5H3. The molecule has 19 heavy (non-hydrogen) atoms. The van der Waals surface area contributed by atoms with Crippen LogP contribution in [0.5, 0.6) is 5.75 Å². The van der Waals surface area contributed by atoms with E-state index in [2.05, 4.69) is 43.2 Å². The lowest BCUT2D eigenvalue weighted by Crippen LogP contribution is -2.21. The number of ether oxygens (including phenoxy) is 1. The summed E-state index contributed by atoms with van der Waals surface area (Å²) in [5.41, 5.74) is 3.89. The summed E-state index contributed by atoms with van der Waals surface area (Å²) in [6.45, 7) is 7.45. The number of hydrogen-bond donors (Lipinski definition) is 1. The van der Waals surface area contributed by atoms with Crippen LogP contribution in [0.3, 0.4) is 0 Å². The van der Waals surface area contributed by atoms with Crippen molar-refractivity contribution in [1.29, 1.82) is 0 Å². The predicted octanol–water partition coefficient (Wildman–Crippen LogP) is 2.74. The summed E-state index contributed by atoms with van der Waals surface area (Å²) in [6.07, 6.45) is 2.45. The fraction of sp³-hybridized carbons (Fsp3) is 0.625. The first kappa shape index (κ1) is 16.0. The topological polar surface area (TPSA) is 24.5 Å². The maximum atomic E-state index is 5.51. The Kier molecular flexibility index (Phi) is 6.89. The van der Waals surface area contributed by atoms with Crippen LogP contribution in [-0.4, -0.2) is 39.2 Å². The van der Waals surface area contributed by atoms with Gasteiger partial charge in [-0.15, -0.1) is 0 Å². The second-order valence-corrected chi connectivity index (χ2v) is 5.31. The molecule has 0 saturated carbocycles. The molecule has 108 valence electrons. The van der Waals surface area contributed by atoms with Crippen LogP contribution in [0.25, 0.3) is 0 Å². The van der Waals surface area contributed by atoms with Crippen LogP contribution in [-0.2, 0) is 6.54 Å². The van der Waals surface area contributed by atoms with E-state index in [4.69, 9.17) is 4.74 Å². The van der Waals surface area contributed by atoms with E-state index >= 15 is 0 Å². The first-order chi connectivity index (χ1) is 9.08. The van der Waals surface area contributed by atoms with Crippen molar-refractivity contribution in [3.05, 3.63) is 28.8 Å². The van der Waals surface area contributed by atoms with E-state index in [1.807, 2.05) is 7.05 Å². The van der Waals surface area contributed by atoms with Crippen molar-refractivity contribution in [1.82, 2.24) is 10.2 Å². The van der Waals surface area contributed by atoms with Crippen LogP contribution in [0.2, 0.25) is 0 Å². The minimum atomic E-state index is 0.953. The Balaban J connectivity index is 2.60. The lowest BCUT2D eigenvalue weighted by molar-refractivity contribution is 0.309. The molecule has 0 amide bonds. The molecule has 1 rings (SSSR count). The van der Waals surface area contributed by atoms with Gasteiger partial charge in [-0.25, -0.2) is 0 Å². The zero-order chi connectivity index (χ0) is 14.3. The number of nitrogens with zero attached hydrogens (tertiary/aromatic N) is 1. The van der Waals surface area contributed by atoms with E-state index in [-0.39, 0.29) is 0 Å². The summed E-state index contributed by atoms with van der Waals surface area (Å²) < 4.78 is 5.51. The van der Waals surface area contributed by atoms with Gasteiger partial charge in [0.2, 0.25) is 0 Å². The van der Waals surface area contributed by atoms with Crippen LogP contribution in [0.1, 0.15) is 29.5 Å². The highest BCUT2D eigenvalue weighted by molar-refractivity contribution is 5.42. The normalized spacial score (nSPS) is 11.1. The molecule has 0 aliphatic rings. The predicted molar refractivity (Wildman–Crippen MR) is 82.0 cm³/mol. The van der Waals surface area contributed by atoms with Crippen molar-refractivity contribution in [3.63, 3.8) is 0 Å². The fourth-order valence-corrected chi connectivity index (χ4v) is 2.38. The van der Waals surface area contributed by atoms with E-state index in [0.29, 0.717) is 0 Å². The Morgan fingerprint density at radius 3 is 2.58 bits per heavy atom. The molecule has 0 atom stereocenters. The van der Waals surface area contributed by atoms with E-state index in [1.165, 1.54) is 29.5 Å². The van der Waals surface area contributed by atoms with Gasteiger partial charge < -0.3 is 15.0 Å².